The number of hydrogen-bond donors (Lipinski definition) is 1. The molecular weight excluding hydrogens is 382 g/mol. The third kappa shape index (κ3) is 4.97. The van der Waals surface area contributed by atoms with Crippen LogP contribution in [0, 0.1) is 0 Å². The smallest absolute Gasteiger partial charge is 0.241 e. The van der Waals surface area contributed by atoms with Crippen LogP contribution >= 0.6 is 0 Å². The zero-order valence-electron chi connectivity index (χ0n) is 18.2. The van der Waals surface area contributed by atoms with Crippen LogP contribution < -0.4 is 24.4 Å². The van der Waals surface area contributed by atoms with Gasteiger partial charge in [0, 0.05) is 37.9 Å². The molecule has 2 aromatic carbocycles. The van der Waals surface area contributed by atoms with Crippen LogP contribution in [-0.2, 0) is 4.79 Å². The largest absolute Gasteiger partial charge is 0.493 e. The third-order valence-electron chi connectivity index (χ3n) is 5.40. The zero-order valence-corrected chi connectivity index (χ0v) is 18.2. The highest BCUT2D eigenvalue weighted by Crippen LogP contribution is 2.31. The molecule has 0 unspecified atom stereocenters. The molecule has 1 atom stereocenters. The summed E-state index contributed by atoms with van der Waals surface area (Å²) in [5.74, 6) is 2.09. The second-order valence-corrected chi connectivity index (χ2v) is 7.16. The van der Waals surface area contributed by atoms with Gasteiger partial charge in [0.2, 0.25) is 5.91 Å². The number of anilines is 2. The molecule has 1 amide bonds. The summed E-state index contributed by atoms with van der Waals surface area (Å²) in [6.45, 7) is 7.88. The summed E-state index contributed by atoms with van der Waals surface area (Å²) >= 11 is 0. The summed E-state index contributed by atoms with van der Waals surface area (Å²) in [5.41, 5.74) is 1.80. The number of nitrogens with zero attached hydrogens (tertiary/aromatic N) is 2. The maximum Gasteiger partial charge on any atom is 0.241 e. The number of benzene rings is 2. The van der Waals surface area contributed by atoms with Crippen molar-refractivity contribution in [1.82, 2.24) is 4.90 Å². The number of amides is 1. The summed E-state index contributed by atoms with van der Waals surface area (Å²) in [6, 6.07) is 13.3. The standard InChI is InChI=1S/C23H31N3O4/c1-5-30-20-9-7-6-8-19(20)26-14-12-25(13-15-26)17(2)23(27)24-18-10-11-21(28-3)22(16-18)29-4/h6-11,16-17H,5,12-15H2,1-4H3,(H,24,27)/t17-/m1/s1. The molecule has 1 fully saturated rings. The van der Waals surface area contributed by atoms with Gasteiger partial charge in [-0.1, -0.05) is 12.1 Å². The SMILES string of the molecule is CCOc1ccccc1N1CCN([C@H](C)C(=O)Nc2ccc(OC)c(OC)c2)CC1. The Kier molecular flexibility index (Phi) is 7.41. The van der Waals surface area contributed by atoms with E-state index >= 15 is 0 Å². The first-order valence-electron chi connectivity index (χ1n) is 10.3. The molecule has 1 aliphatic rings. The topological polar surface area (TPSA) is 63.3 Å². The maximum atomic E-state index is 12.8. The number of carbonyl (C=O) groups excluding carboxylic acids is 1. The molecule has 1 aliphatic heterocycles. The van der Waals surface area contributed by atoms with E-state index in [0.29, 0.717) is 23.8 Å². The fourth-order valence-corrected chi connectivity index (χ4v) is 3.67. The number of carbonyl (C=O) groups is 1. The van der Waals surface area contributed by atoms with Crippen molar-refractivity contribution in [3.05, 3.63) is 42.5 Å². The molecule has 0 aromatic heterocycles. The van der Waals surface area contributed by atoms with Gasteiger partial charge in [-0.25, -0.2) is 0 Å². The minimum Gasteiger partial charge on any atom is -0.493 e. The van der Waals surface area contributed by atoms with Gasteiger partial charge in [0.25, 0.3) is 0 Å². The van der Waals surface area contributed by atoms with Gasteiger partial charge < -0.3 is 24.4 Å². The van der Waals surface area contributed by atoms with Gasteiger partial charge in [0.1, 0.15) is 5.75 Å². The van der Waals surface area contributed by atoms with Gasteiger partial charge in [-0.05, 0) is 38.1 Å². The second-order valence-electron chi connectivity index (χ2n) is 7.16. The van der Waals surface area contributed by atoms with Crippen LogP contribution in [0.4, 0.5) is 11.4 Å². The van der Waals surface area contributed by atoms with E-state index in [2.05, 4.69) is 21.2 Å². The average Bonchev–Trinajstić information content (AvgIpc) is 2.79. The molecule has 1 N–H and O–H groups in total. The first-order valence-corrected chi connectivity index (χ1v) is 10.3. The van der Waals surface area contributed by atoms with E-state index in [-0.39, 0.29) is 11.9 Å². The summed E-state index contributed by atoms with van der Waals surface area (Å²) in [4.78, 5) is 17.3. The lowest BCUT2D eigenvalue weighted by Crippen LogP contribution is -2.52. The molecule has 162 valence electrons. The van der Waals surface area contributed by atoms with Crippen molar-refractivity contribution in [2.75, 3.05) is 57.2 Å². The Morgan fingerprint density at radius 2 is 1.70 bits per heavy atom. The number of methoxy groups -OCH3 is 2. The number of rotatable bonds is 8. The minimum atomic E-state index is -0.234. The first kappa shape index (κ1) is 21.8. The Morgan fingerprint density at radius 1 is 1.00 bits per heavy atom. The van der Waals surface area contributed by atoms with Crippen molar-refractivity contribution in [2.24, 2.45) is 0 Å². The fraction of sp³-hybridized carbons (Fsp3) is 0.435. The predicted octanol–water partition coefficient (Wildman–Crippen LogP) is 3.25. The van der Waals surface area contributed by atoms with E-state index in [1.165, 1.54) is 0 Å². The Bertz CT molecular complexity index is 850. The summed E-state index contributed by atoms with van der Waals surface area (Å²) in [6.07, 6.45) is 0. The van der Waals surface area contributed by atoms with Crippen molar-refractivity contribution < 1.29 is 19.0 Å². The van der Waals surface area contributed by atoms with Crippen molar-refractivity contribution >= 4 is 17.3 Å². The van der Waals surface area contributed by atoms with Crippen molar-refractivity contribution in [3.8, 4) is 17.2 Å². The normalized spacial score (nSPS) is 15.4. The van der Waals surface area contributed by atoms with Crippen LogP contribution in [0.3, 0.4) is 0 Å². The van der Waals surface area contributed by atoms with Gasteiger partial charge in [-0.15, -0.1) is 0 Å². The van der Waals surface area contributed by atoms with Crippen LogP contribution in [0.1, 0.15) is 13.8 Å². The molecule has 1 saturated heterocycles. The molecule has 0 radical (unpaired) electrons. The summed E-state index contributed by atoms with van der Waals surface area (Å²) in [7, 11) is 3.17. The third-order valence-corrected chi connectivity index (χ3v) is 5.40. The molecule has 0 bridgehead atoms. The number of ether oxygens (including phenoxy) is 3. The van der Waals surface area contributed by atoms with Gasteiger partial charge in [-0.2, -0.15) is 0 Å². The van der Waals surface area contributed by atoms with E-state index in [9.17, 15) is 4.79 Å². The Morgan fingerprint density at radius 3 is 2.37 bits per heavy atom. The van der Waals surface area contributed by atoms with Gasteiger partial charge >= 0.3 is 0 Å². The molecule has 30 heavy (non-hydrogen) atoms. The second kappa shape index (κ2) is 10.2. The number of para-hydroxylation sites is 2. The molecule has 2 aromatic rings. The zero-order chi connectivity index (χ0) is 21.5. The molecule has 0 saturated carbocycles. The van der Waals surface area contributed by atoms with E-state index < -0.39 is 0 Å². The number of hydrogen-bond acceptors (Lipinski definition) is 6. The van der Waals surface area contributed by atoms with Gasteiger partial charge in [0.05, 0.1) is 32.6 Å². The van der Waals surface area contributed by atoms with Crippen LogP contribution in [0.5, 0.6) is 17.2 Å². The monoisotopic (exact) mass is 413 g/mol. The van der Waals surface area contributed by atoms with E-state index in [1.54, 1.807) is 26.4 Å². The highest BCUT2D eigenvalue weighted by molar-refractivity contribution is 5.94. The molecule has 7 nitrogen and oxygen atoms in total. The average molecular weight is 414 g/mol. The van der Waals surface area contributed by atoms with Gasteiger partial charge in [0.15, 0.2) is 11.5 Å². The first-order chi connectivity index (χ1) is 14.6. The number of nitrogens with one attached hydrogen (secondary N) is 1. The van der Waals surface area contributed by atoms with Crippen LogP contribution in [0.25, 0.3) is 0 Å². The minimum absolute atomic E-state index is 0.0367. The van der Waals surface area contributed by atoms with Crippen LogP contribution in [0.15, 0.2) is 42.5 Å². The molecule has 0 aliphatic carbocycles. The van der Waals surface area contributed by atoms with Crippen LogP contribution in [-0.4, -0.2) is 63.9 Å². The molecular formula is C23H31N3O4. The van der Waals surface area contributed by atoms with Crippen molar-refractivity contribution in [2.45, 2.75) is 19.9 Å². The quantitative estimate of drug-likeness (QED) is 0.717. The lowest BCUT2D eigenvalue weighted by molar-refractivity contribution is -0.120. The van der Waals surface area contributed by atoms with Crippen LogP contribution in [0.2, 0.25) is 0 Å². The highest BCUT2D eigenvalue weighted by Gasteiger charge is 2.26. The van der Waals surface area contributed by atoms with Crippen molar-refractivity contribution in [3.63, 3.8) is 0 Å². The number of piperazine rings is 1. The highest BCUT2D eigenvalue weighted by atomic mass is 16.5. The predicted molar refractivity (Wildman–Crippen MR) is 119 cm³/mol. The Labute approximate surface area is 178 Å². The molecule has 1 heterocycles. The summed E-state index contributed by atoms with van der Waals surface area (Å²) in [5, 5.41) is 2.98. The van der Waals surface area contributed by atoms with E-state index in [4.69, 9.17) is 14.2 Å². The lowest BCUT2D eigenvalue weighted by Gasteiger charge is -2.39. The van der Waals surface area contributed by atoms with E-state index in [0.717, 1.165) is 37.6 Å². The molecule has 3 rings (SSSR count). The Hall–Kier alpha value is -2.93. The molecule has 0 spiro atoms. The van der Waals surface area contributed by atoms with Gasteiger partial charge in [-0.3, -0.25) is 9.69 Å². The molecule has 7 heteroatoms. The maximum absolute atomic E-state index is 12.8. The van der Waals surface area contributed by atoms with E-state index in [1.807, 2.05) is 38.1 Å². The Balaban J connectivity index is 1.59. The fourth-order valence-electron chi connectivity index (χ4n) is 3.67. The lowest BCUT2D eigenvalue weighted by atomic mass is 10.2. The summed E-state index contributed by atoms with van der Waals surface area (Å²) < 4.78 is 16.3. The van der Waals surface area contributed by atoms with Crippen molar-refractivity contribution in [1.29, 1.82) is 0 Å².